The van der Waals surface area contributed by atoms with Crippen molar-refractivity contribution in [2.45, 2.75) is 44.3 Å². The van der Waals surface area contributed by atoms with Crippen molar-refractivity contribution in [3.8, 4) is 0 Å². The van der Waals surface area contributed by atoms with Crippen LogP contribution in [0.1, 0.15) is 43.1 Å². The van der Waals surface area contributed by atoms with E-state index in [1.165, 1.54) is 19.0 Å². The highest BCUT2D eigenvalue weighted by Gasteiger charge is 2.36. The van der Waals surface area contributed by atoms with Gasteiger partial charge in [0.2, 0.25) is 0 Å². The van der Waals surface area contributed by atoms with E-state index in [9.17, 15) is 13.2 Å². The van der Waals surface area contributed by atoms with E-state index < -0.39 is 11.9 Å². The summed E-state index contributed by atoms with van der Waals surface area (Å²) in [7, 11) is 0. The minimum Gasteiger partial charge on any atom is -0.333 e. The molecule has 1 aromatic heterocycles. The molecule has 0 spiro atoms. The van der Waals surface area contributed by atoms with Crippen LogP contribution in [-0.4, -0.2) is 47.2 Å². The summed E-state index contributed by atoms with van der Waals surface area (Å²) in [5.41, 5.74) is -0.748. The van der Waals surface area contributed by atoms with Crippen LogP contribution in [0, 0.1) is 0 Å². The van der Waals surface area contributed by atoms with Crippen molar-refractivity contribution in [2.24, 2.45) is 0 Å². The lowest BCUT2D eigenvalue weighted by molar-refractivity contribution is -0.141. The molecule has 0 aliphatic carbocycles. The quantitative estimate of drug-likeness (QED) is 0.798. The number of hydrogen-bond donors (Lipinski definition) is 1. The molecule has 0 saturated carbocycles. The summed E-state index contributed by atoms with van der Waals surface area (Å²) in [5.74, 6) is 0.754. The summed E-state index contributed by atoms with van der Waals surface area (Å²) in [5, 5.41) is 3.25. The standard InChI is InChI=1S/C15H23F3N4.3ClH/c16-15(17,18)13-11-22(10-9-21-7-1-2-8-21)14(20-13)12-3-5-19-6-4-12;;;/h11-12,19H,1-10H2;3*1H. The monoisotopic (exact) mass is 424 g/mol. The molecule has 2 aliphatic rings. The highest BCUT2D eigenvalue weighted by atomic mass is 35.5. The van der Waals surface area contributed by atoms with Gasteiger partial charge in [-0.25, -0.2) is 4.98 Å². The van der Waals surface area contributed by atoms with Crippen LogP contribution in [0.4, 0.5) is 13.2 Å². The molecule has 10 heteroatoms. The van der Waals surface area contributed by atoms with Crippen LogP contribution >= 0.6 is 37.2 Å². The molecular formula is C15H26Cl3F3N4. The third-order valence-electron chi connectivity index (χ3n) is 4.66. The van der Waals surface area contributed by atoms with Gasteiger partial charge in [-0.1, -0.05) is 0 Å². The van der Waals surface area contributed by atoms with E-state index in [2.05, 4.69) is 15.2 Å². The lowest BCUT2D eigenvalue weighted by Crippen LogP contribution is -2.29. The van der Waals surface area contributed by atoms with Crippen molar-refractivity contribution in [2.75, 3.05) is 32.7 Å². The number of alkyl halides is 3. The van der Waals surface area contributed by atoms with Crippen LogP contribution in [0.25, 0.3) is 0 Å². The second-order valence-electron chi connectivity index (χ2n) is 6.25. The predicted molar refractivity (Wildman–Crippen MR) is 99.5 cm³/mol. The number of piperidine rings is 1. The molecule has 1 aromatic rings. The molecule has 2 fully saturated rings. The van der Waals surface area contributed by atoms with Crippen molar-refractivity contribution in [1.29, 1.82) is 0 Å². The molecule has 2 saturated heterocycles. The third-order valence-corrected chi connectivity index (χ3v) is 4.66. The second kappa shape index (κ2) is 10.8. The van der Waals surface area contributed by atoms with Gasteiger partial charge < -0.3 is 14.8 Å². The van der Waals surface area contributed by atoms with E-state index in [4.69, 9.17) is 0 Å². The largest absolute Gasteiger partial charge is 0.434 e. The Labute approximate surface area is 165 Å². The van der Waals surface area contributed by atoms with Gasteiger partial charge in [0.1, 0.15) is 5.82 Å². The maximum atomic E-state index is 13.0. The number of rotatable bonds is 4. The number of nitrogens with one attached hydrogen (secondary N) is 1. The molecule has 0 aromatic carbocycles. The van der Waals surface area contributed by atoms with Crippen LogP contribution in [-0.2, 0) is 12.7 Å². The van der Waals surface area contributed by atoms with Crippen LogP contribution in [0.3, 0.4) is 0 Å². The fourth-order valence-electron chi connectivity index (χ4n) is 3.41. The molecule has 4 nitrogen and oxygen atoms in total. The summed E-state index contributed by atoms with van der Waals surface area (Å²) < 4.78 is 40.7. The van der Waals surface area contributed by atoms with Gasteiger partial charge in [-0.2, -0.15) is 13.2 Å². The molecule has 0 unspecified atom stereocenters. The van der Waals surface area contributed by atoms with Crippen LogP contribution < -0.4 is 5.32 Å². The van der Waals surface area contributed by atoms with Gasteiger partial charge in [-0.3, -0.25) is 0 Å². The fourth-order valence-corrected chi connectivity index (χ4v) is 3.41. The molecule has 0 amide bonds. The Morgan fingerprint density at radius 3 is 2.20 bits per heavy atom. The van der Waals surface area contributed by atoms with Crippen molar-refractivity contribution in [3.63, 3.8) is 0 Å². The Morgan fingerprint density at radius 2 is 1.64 bits per heavy atom. The van der Waals surface area contributed by atoms with Crippen LogP contribution in [0.15, 0.2) is 6.20 Å². The smallest absolute Gasteiger partial charge is 0.333 e. The van der Waals surface area contributed by atoms with E-state index in [0.717, 1.165) is 45.6 Å². The Bertz CT molecular complexity index is 499. The van der Waals surface area contributed by atoms with Gasteiger partial charge in [-0.05, 0) is 51.9 Å². The Balaban J connectivity index is 0.00000192. The van der Waals surface area contributed by atoms with Gasteiger partial charge in [-0.15, -0.1) is 37.2 Å². The number of nitrogens with zero attached hydrogens (tertiary/aromatic N) is 3. The Kier molecular flexibility index (Phi) is 10.7. The maximum Gasteiger partial charge on any atom is 0.434 e. The normalized spacial score (nSPS) is 19.0. The summed E-state index contributed by atoms with van der Waals surface area (Å²) >= 11 is 0. The lowest BCUT2D eigenvalue weighted by Gasteiger charge is -2.24. The minimum atomic E-state index is -4.36. The molecule has 2 aliphatic heterocycles. The number of imidazole rings is 1. The molecule has 25 heavy (non-hydrogen) atoms. The van der Waals surface area contributed by atoms with Gasteiger partial charge >= 0.3 is 6.18 Å². The first-order chi connectivity index (χ1) is 10.5. The molecule has 0 bridgehead atoms. The number of likely N-dealkylation sites (tertiary alicyclic amines) is 1. The van der Waals surface area contributed by atoms with E-state index in [1.807, 2.05) is 0 Å². The molecular weight excluding hydrogens is 400 g/mol. The van der Waals surface area contributed by atoms with Crippen molar-refractivity contribution >= 4 is 37.2 Å². The Hall–Kier alpha value is -0.210. The fraction of sp³-hybridized carbons (Fsp3) is 0.800. The predicted octanol–water partition coefficient (Wildman–Crippen LogP) is 3.73. The van der Waals surface area contributed by atoms with E-state index in [0.29, 0.717) is 12.4 Å². The average Bonchev–Trinajstić information content (AvgIpc) is 3.15. The lowest BCUT2D eigenvalue weighted by atomic mass is 9.97. The van der Waals surface area contributed by atoms with E-state index in [1.54, 1.807) is 4.57 Å². The number of hydrogen-bond acceptors (Lipinski definition) is 3. The average molecular weight is 426 g/mol. The number of halogens is 6. The van der Waals surface area contributed by atoms with Gasteiger partial charge in [0.15, 0.2) is 5.69 Å². The number of aromatic nitrogens is 2. The third kappa shape index (κ3) is 6.47. The summed E-state index contributed by atoms with van der Waals surface area (Å²) in [6.07, 6.45) is 0.946. The first-order valence-corrected chi connectivity index (χ1v) is 8.11. The molecule has 148 valence electrons. The zero-order chi connectivity index (χ0) is 15.6. The highest BCUT2D eigenvalue weighted by Crippen LogP contribution is 2.32. The summed E-state index contributed by atoms with van der Waals surface area (Å²) in [6.45, 7) is 5.23. The first kappa shape index (κ1) is 24.8. The first-order valence-electron chi connectivity index (χ1n) is 8.11. The van der Waals surface area contributed by atoms with Gasteiger partial charge in [0.05, 0.1) is 0 Å². The molecule has 3 heterocycles. The highest BCUT2D eigenvalue weighted by molar-refractivity contribution is 5.86. The Morgan fingerprint density at radius 1 is 1.04 bits per heavy atom. The maximum absolute atomic E-state index is 13.0. The second-order valence-corrected chi connectivity index (χ2v) is 6.25. The van der Waals surface area contributed by atoms with Crippen LogP contribution in [0.5, 0.6) is 0 Å². The SMILES string of the molecule is Cl.Cl.Cl.FC(F)(F)c1cn(CCN2CCCC2)c(C2CCNCC2)n1. The summed E-state index contributed by atoms with van der Waals surface area (Å²) in [4.78, 5) is 6.26. The van der Waals surface area contributed by atoms with E-state index >= 15 is 0 Å². The molecule has 1 N–H and O–H groups in total. The zero-order valence-electron chi connectivity index (χ0n) is 13.9. The molecule has 0 radical (unpaired) electrons. The van der Waals surface area contributed by atoms with Gasteiger partial charge in [0.25, 0.3) is 0 Å². The minimum absolute atomic E-state index is 0. The summed E-state index contributed by atoms with van der Waals surface area (Å²) in [6, 6.07) is 0. The van der Waals surface area contributed by atoms with E-state index in [-0.39, 0.29) is 43.1 Å². The molecule has 0 atom stereocenters. The molecule has 3 rings (SSSR count). The topological polar surface area (TPSA) is 33.1 Å². The van der Waals surface area contributed by atoms with Crippen LogP contribution in [0.2, 0.25) is 0 Å². The van der Waals surface area contributed by atoms with Gasteiger partial charge in [0, 0.05) is 25.2 Å². The van der Waals surface area contributed by atoms with Crippen molar-refractivity contribution < 1.29 is 13.2 Å². The van der Waals surface area contributed by atoms with Crippen molar-refractivity contribution in [3.05, 3.63) is 17.7 Å². The zero-order valence-corrected chi connectivity index (χ0v) is 16.4. The van der Waals surface area contributed by atoms with Crippen molar-refractivity contribution in [1.82, 2.24) is 19.8 Å².